The van der Waals surface area contributed by atoms with Crippen molar-refractivity contribution < 1.29 is 4.79 Å². The number of carbonyl (C=O) groups is 1. The van der Waals surface area contributed by atoms with Gasteiger partial charge < -0.3 is 4.57 Å². The third-order valence-corrected chi connectivity index (χ3v) is 3.69. The summed E-state index contributed by atoms with van der Waals surface area (Å²) in [5, 5.41) is 1.26. The first-order chi connectivity index (χ1) is 9.20. The van der Waals surface area contributed by atoms with E-state index in [2.05, 4.69) is 56.4 Å². The second-order valence-electron chi connectivity index (χ2n) is 4.59. The number of unbranched alkanes of at least 4 members (excludes halogenated alkanes) is 2. The lowest BCUT2D eigenvalue weighted by molar-refractivity contribution is -0.121. The predicted molar refractivity (Wildman–Crippen MR) is 80.4 cm³/mol. The number of rotatable bonds is 6. The van der Waals surface area contributed by atoms with Crippen LogP contribution in [-0.2, 0) is 11.3 Å². The second-order valence-corrected chi connectivity index (χ2v) is 5.51. The number of nitrogens with two attached hydrogens (primary N) is 1. The van der Waals surface area contributed by atoms with Crippen LogP contribution in [0.4, 0.5) is 0 Å². The summed E-state index contributed by atoms with van der Waals surface area (Å²) in [5.74, 6) is 4.94. The maximum atomic E-state index is 11.0. The van der Waals surface area contributed by atoms with E-state index in [1.54, 1.807) is 0 Å². The first-order valence-corrected chi connectivity index (χ1v) is 7.24. The largest absolute Gasteiger partial charge is 0.347 e. The fourth-order valence-corrected chi connectivity index (χ4v) is 2.52. The molecule has 5 heteroatoms. The van der Waals surface area contributed by atoms with Crippen molar-refractivity contribution in [2.75, 3.05) is 0 Å². The van der Waals surface area contributed by atoms with Crippen molar-refractivity contribution in [3.8, 4) is 0 Å². The van der Waals surface area contributed by atoms with Crippen molar-refractivity contribution in [1.82, 2.24) is 9.99 Å². The summed E-state index contributed by atoms with van der Waals surface area (Å²) in [6.45, 7) is 0.976. The maximum Gasteiger partial charge on any atom is 0.233 e. The molecule has 1 aromatic carbocycles. The molecule has 0 atom stereocenters. The topological polar surface area (TPSA) is 60.0 Å². The molecule has 19 heavy (non-hydrogen) atoms. The monoisotopic (exact) mass is 323 g/mol. The van der Waals surface area contributed by atoms with Crippen molar-refractivity contribution in [3.05, 3.63) is 34.9 Å². The van der Waals surface area contributed by atoms with Crippen LogP contribution in [0.5, 0.6) is 0 Å². The van der Waals surface area contributed by atoms with Crippen LogP contribution in [0.25, 0.3) is 10.9 Å². The number of carbonyl (C=O) groups excluding carboxylic acids is 1. The van der Waals surface area contributed by atoms with Gasteiger partial charge in [-0.2, -0.15) is 0 Å². The summed E-state index contributed by atoms with van der Waals surface area (Å²) in [4.78, 5) is 11.0. The zero-order valence-corrected chi connectivity index (χ0v) is 12.3. The Balaban J connectivity index is 1.85. The highest BCUT2D eigenvalue weighted by molar-refractivity contribution is 9.10. The van der Waals surface area contributed by atoms with Gasteiger partial charge in [0.25, 0.3) is 0 Å². The van der Waals surface area contributed by atoms with Crippen LogP contribution in [0.1, 0.15) is 25.7 Å². The van der Waals surface area contributed by atoms with Crippen LogP contribution >= 0.6 is 15.9 Å². The van der Waals surface area contributed by atoms with E-state index in [9.17, 15) is 4.79 Å². The fraction of sp³-hybridized carbons (Fsp3) is 0.357. The number of nitrogens with zero attached hydrogens (tertiary/aromatic N) is 1. The first-order valence-electron chi connectivity index (χ1n) is 6.44. The van der Waals surface area contributed by atoms with Crippen LogP contribution in [-0.4, -0.2) is 10.5 Å². The van der Waals surface area contributed by atoms with E-state index in [4.69, 9.17) is 5.84 Å². The summed E-state index contributed by atoms with van der Waals surface area (Å²) in [5.41, 5.74) is 3.40. The Morgan fingerprint density at radius 2 is 2.11 bits per heavy atom. The third kappa shape index (κ3) is 3.81. The number of aryl methyl sites for hydroxylation is 1. The average Bonchev–Trinajstić information content (AvgIpc) is 2.80. The van der Waals surface area contributed by atoms with E-state index < -0.39 is 0 Å². The van der Waals surface area contributed by atoms with Gasteiger partial charge in [-0.25, -0.2) is 5.84 Å². The van der Waals surface area contributed by atoms with E-state index >= 15 is 0 Å². The number of hydrazine groups is 1. The standard InChI is InChI=1S/C14H18BrN3O/c15-12-6-5-11-7-9-18(13(11)10-12)8-3-1-2-4-14(19)17-16/h5-7,9-10H,1-4,8,16H2,(H,17,19). The molecule has 0 radical (unpaired) electrons. The molecule has 2 rings (SSSR count). The van der Waals surface area contributed by atoms with Crippen molar-refractivity contribution >= 4 is 32.7 Å². The second kappa shape index (κ2) is 6.73. The van der Waals surface area contributed by atoms with E-state index in [0.717, 1.165) is 30.3 Å². The van der Waals surface area contributed by atoms with E-state index in [1.807, 2.05) is 0 Å². The van der Waals surface area contributed by atoms with E-state index in [0.29, 0.717) is 6.42 Å². The molecule has 0 fully saturated rings. The minimum Gasteiger partial charge on any atom is -0.347 e. The Bertz CT molecular complexity index is 565. The molecule has 0 bridgehead atoms. The Morgan fingerprint density at radius 1 is 1.26 bits per heavy atom. The van der Waals surface area contributed by atoms with Crippen molar-refractivity contribution in [2.24, 2.45) is 5.84 Å². The van der Waals surface area contributed by atoms with Gasteiger partial charge in [0.15, 0.2) is 0 Å². The molecule has 0 saturated heterocycles. The number of nitrogens with one attached hydrogen (secondary N) is 1. The molecule has 1 heterocycles. The Labute approximate surface area is 121 Å². The number of hydrogen-bond acceptors (Lipinski definition) is 2. The zero-order chi connectivity index (χ0) is 13.7. The summed E-state index contributed by atoms with van der Waals surface area (Å²) in [6.07, 6.45) is 5.60. The van der Waals surface area contributed by atoms with Gasteiger partial charge in [0, 0.05) is 29.2 Å². The van der Waals surface area contributed by atoms with Gasteiger partial charge in [-0.15, -0.1) is 0 Å². The van der Waals surface area contributed by atoms with Gasteiger partial charge in [-0.3, -0.25) is 10.2 Å². The molecular weight excluding hydrogens is 306 g/mol. The zero-order valence-electron chi connectivity index (χ0n) is 10.7. The lowest BCUT2D eigenvalue weighted by Gasteiger charge is -2.05. The highest BCUT2D eigenvalue weighted by atomic mass is 79.9. The van der Waals surface area contributed by atoms with Gasteiger partial charge in [-0.1, -0.05) is 28.4 Å². The molecule has 1 aromatic heterocycles. The molecule has 4 nitrogen and oxygen atoms in total. The van der Waals surface area contributed by atoms with Gasteiger partial charge in [0.05, 0.1) is 0 Å². The Kier molecular flexibility index (Phi) is 4.99. The molecule has 0 aliphatic carbocycles. The molecule has 0 aliphatic rings. The fourth-order valence-electron chi connectivity index (χ4n) is 2.17. The SMILES string of the molecule is NNC(=O)CCCCCn1ccc2ccc(Br)cc21. The number of hydrogen-bond donors (Lipinski definition) is 2. The molecule has 0 aliphatic heterocycles. The van der Waals surface area contributed by atoms with Crippen molar-refractivity contribution in [1.29, 1.82) is 0 Å². The Morgan fingerprint density at radius 3 is 2.89 bits per heavy atom. The molecule has 102 valence electrons. The first kappa shape index (κ1) is 14.1. The van der Waals surface area contributed by atoms with E-state index in [-0.39, 0.29) is 5.91 Å². The molecule has 2 aromatic rings. The predicted octanol–water partition coefficient (Wildman–Crippen LogP) is 2.95. The smallest absolute Gasteiger partial charge is 0.233 e. The van der Waals surface area contributed by atoms with Crippen LogP contribution in [0, 0.1) is 0 Å². The Hall–Kier alpha value is -1.33. The molecular formula is C14H18BrN3O. The van der Waals surface area contributed by atoms with Gasteiger partial charge in [0.2, 0.25) is 5.91 Å². The summed E-state index contributed by atoms with van der Waals surface area (Å²) in [7, 11) is 0. The van der Waals surface area contributed by atoms with Gasteiger partial charge in [0.1, 0.15) is 0 Å². The van der Waals surface area contributed by atoms with Crippen LogP contribution in [0.2, 0.25) is 0 Å². The van der Waals surface area contributed by atoms with Crippen molar-refractivity contribution in [2.45, 2.75) is 32.2 Å². The quantitative estimate of drug-likeness (QED) is 0.371. The maximum absolute atomic E-state index is 11.0. The number of fused-ring (bicyclic) bond motifs is 1. The number of halogens is 1. The minimum atomic E-state index is -0.0876. The summed E-state index contributed by atoms with van der Waals surface area (Å²) in [6, 6.07) is 8.43. The summed E-state index contributed by atoms with van der Waals surface area (Å²) >= 11 is 3.50. The molecule has 3 N–H and O–H groups in total. The van der Waals surface area contributed by atoms with Crippen LogP contribution in [0.15, 0.2) is 34.9 Å². The van der Waals surface area contributed by atoms with E-state index in [1.165, 1.54) is 10.9 Å². The number of benzene rings is 1. The molecule has 0 saturated carbocycles. The molecule has 1 amide bonds. The van der Waals surface area contributed by atoms with Crippen LogP contribution in [0.3, 0.4) is 0 Å². The average molecular weight is 324 g/mol. The highest BCUT2D eigenvalue weighted by Crippen LogP contribution is 2.21. The lowest BCUT2D eigenvalue weighted by Crippen LogP contribution is -2.29. The normalized spacial score (nSPS) is 10.8. The van der Waals surface area contributed by atoms with Crippen LogP contribution < -0.4 is 11.3 Å². The number of amides is 1. The summed E-state index contributed by atoms with van der Waals surface area (Å²) < 4.78 is 3.35. The minimum absolute atomic E-state index is 0.0876. The number of aromatic nitrogens is 1. The highest BCUT2D eigenvalue weighted by Gasteiger charge is 2.02. The van der Waals surface area contributed by atoms with Gasteiger partial charge >= 0.3 is 0 Å². The lowest BCUT2D eigenvalue weighted by atomic mass is 10.2. The molecule has 0 spiro atoms. The van der Waals surface area contributed by atoms with Crippen molar-refractivity contribution in [3.63, 3.8) is 0 Å². The third-order valence-electron chi connectivity index (χ3n) is 3.20. The van der Waals surface area contributed by atoms with Gasteiger partial charge in [-0.05, 0) is 36.4 Å². The molecule has 0 unspecified atom stereocenters.